The molecule has 0 aliphatic rings. The van der Waals surface area contributed by atoms with Crippen LogP contribution in [0.1, 0.15) is 36.6 Å². The van der Waals surface area contributed by atoms with Gasteiger partial charge in [0.05, 0.1) is 0 Å². The van der Waals surface area contributed by atoms with Crippen molar-refractivity contribution in [2.45, 2.75) is 38.5 Å². The van der Waals surface area contributed by atoms with Gasteiger partial charge in [-0.2, -0.15) is 5.26 Å². The van der Waals surface area contributed by atoms with E-state index in [1.807, 2.05) is 31.2 Å². The van der Waals surface area contributed by atoms with Crippen molar-refractivity contribution >= 4 is 17.6 Å². The van der Waals surface area contributed by atoms with Gasteiger partial charge in [-0.05, 0) is 25.0 Å². The highest BCUT2D eigenvalue weighted by molar-refractivity contribution is 7.99. The van der Waals surface area contributed by atoms with E-state index < -0.39 is 0 Å². The Hall–Kier alpha value is -2.26. The number of thioether (sulfide) groups is 1. The fourth-order valence-corrected chi connectivity index (χ4v) is 2.92. The third kappa shape index (κ3) is 4.60. The number of nitrogen functional groups attached to an aromatic ring is 1. The zero-order valence-corrected chi connectivity index (χ0v) is 14.2. The third-order valence-electron chi connectivity index (χ3n) is 3.29. The van der Waals surface area contributed by atoms with E-state index in [2.05, 4.69) is 23.0 Å². The quantitative estimate of drug-likeness (QED) is 0.474. The second-order valence-electron chi connectivity index (χ2n) is 5.08. The first-order valence-electron chi connectivity index (χ1n) is 7.53. The number of nitrogens with two attached hydrogens (primary N) is 1. The molecule has 1 aromatic carbocycles. The van der Waals surface area contributed by atoms with E-state index in [1.165, 1.54) is 0 Å². The van der Waals surface area contributed by atoms with Gasteiger partial charge in [0.25, 0.3) is 0 Å². The number of rotatable bonds is 7. The Labute approximate surface area is 140 Å². The van der Waals surface area contributed by atoms with E-state index in [0.717, 1.165) is 29.9 Å². The van der Waals surface area contributed by atoms with Crippen LogP contribution < -0.4 is 10.5 Å². The van der Waals surface area contributed by atoms with Gasteiger partial charge in [-0.15, -0.1) is 0 Å². The lowest BCUT2D eigenvalue weighted by Crippen LogP contribution is -2.08. The van der Waals surface area contributed by atoms with E-state index in [9.17, 15) is 5.26 Å². The second-order valence-corrected chi connectivity index (χ2v) is 6.14. The van der Waals surface area contributed by atoms with Crippen LogP contribution in [0.2, 0.25) is 0 Å². The normalized spacial score (nSPS) is 10.3. The first-order valence-corrected chi connectivity index (χ1v) is 8.52. The number of unbranched alkanes of at least 4 members (excludes halogenated alkanes) is 1. The van der Waals surface area contributed by atoms with E-state index in [1.54, 1.807) is 11.8 Å². The number of aromatic nitrogens is 2. The van der Waals surface area contributed by atoms with Crippen molar-refractivity contribution < 1.29 is 4.74 Å². The molecule has 1 heterocycles. The fraction of sp³-hybridized carbons (Fsp3) is 0.353. The summed E-state index contributed by atoms with van der Waals surface area (Å²) in [6.07, 6.45) is 2.20. The monoisotopic (exact) mass is 328 g/mol. The average molecular weight is 328 g/mol. The smallest absolute Gasteiger partial charge is 0.189 e. The van der Waals surface area contributed by atoms with Gasteiger partial charge in [0.2, 0.25) is 0 Å². The minimum Gasteiger partial charge on any atom is -0.487 e. The van der Waals surface area contributed by atoms with Crippen LogP contribution in [-0.2, 0) is 6.61 Å². The SMILES string of the molecule is CCCCSc1nc(N)c(C#N)c(COc2ccccc2C)n1. The van der Waals surface area contributed by atoms with Gasteiger partial charge in [-0.25, -0.2) is 9.97 Å². The molecule has 23 heavy (non-hydrogen) atoms. The molecule has 0 aliphatic heterocycles. The van der Waals surface area contributed by atoms with Crippen LogP contribution in [0.3, 0.4) is 0 Å². The van der Waals surface area contributed by atoms with Gasteiger partial charge in [0.15, 0.2) is 5.16 Å². The number of nitriles is 1. The molecule has 120 valence electrons. The Morgan fingerprint density at radius 2 is 2.09 bits per heavy atom. The highest BCUT2D eigenvalue weighted by Gasteiger charge is 2.13. The molecule has 0 spiro atoms. The number of hydrogen-bond acceptors (Lipinski definition) is 6. The van der Waals surface area contributed by atoms with E-state index in [0.29, 0.717) is 16.4 Å². The topological polar surface area (TPSA) is 84.8 Å². The van der Waals surface area contributed by atoms with Crippen molar-refractivity contribution in [2.75, 3.05) is 11.5 Å². The van der Waals surface area contributed by atoms with Crippen LogP contribution in [-0.4, -0.2) is 15.7 Å². The lowest BCUT2D eigenvalue weighted by Gasteiger charge is -2.11. The Morgan fingerprint density at radius 1 is 1.30 bits per heavy atom. The molecule has 0 amide bonds. The van der Waals surface area contributed by atoms with Crippen LogP contribution in [0.25, 0.3) is 0 Å². The lowest BCUT2D eigenvalue weighted by molar-refractivity contribution is 0.297. The highest BCUT2D eigenvalue weighted by Crippen LogP contribution is 2.23. The number of benzene rings is 1. The minimum atomic E-state index is 0.196. The predicted molar refractivity (Wildman–Crippen MR) is 92.3 cm³/mol. The van der Waals surface area contributed by atoms with Gasteiger partial charge >= 0.3 is 0 Å². The number of aryl methyl sites for hydroxylation is 1. The van der Waals surface area contributed by atoms with Crippen molar-refractivity contribution in [2.24, 2.45) is 0 Å². The maximum atomic E-state index is 9.28. The molecule has 0 fully saturated rings. The van der Waals surface area contributed by atoms with Crippen LogP contribution in [0, 0.1) is 18.3 Å². The molecule has 0 atom stereocenters. The van der Waals surface area contributed by atoms with Crippen molar-refractivity contribution in [1.29, 1.82) is 5.26 Å². The number of para-hydroxylation sites is 1. The van der Waals surface area contributed by atoms with Crippen molar-refractivity contribution in [3.05, 3.63) is 41.1 Å². The zero-order valence-electron chi connectivity index (χ0n) is 13.4. The summed E-state index contributed by atoms with van der Waals surface area (Å²) in [6, 6.07) is 9.80. The van der Waals surface area contributed by atoms with Crippen LogP contribution >= 0.6 is 11.8 Å². The molecule has 0 saturated carbocycles. The standard InChI is InChI=1S/C17H20N4OS/c1-3-4-9-23-17-20-14(13(10-18)16(19)21-17)11-22-15-8-6-5-7-12(15)2/h5-8H,3-4,9,11H2,1-2H3,(H2,19,20,21). The molecular formula is C17H20N4OS. The Kier molecular flexibility index (Phi) is 6.24. The molecule has 2 aromatic rings. The van der Waals surface area contributed by atoms with Crippen molar-refractivity contribution in [1.82, 2.24) is 9.97 Å². The predicted octanol–water partition coefficient (Wildman–Crippen LogP) is 3.71. The summed E-state index contributed by atoms with van der Waals surface area (Å²) in [4.78, 5) is 8.65. The first-order chi connectivity index (χ1) is 11.2. The zero-order chi connectivity index (χ0) is 16.7. The van der Waals surface area contributed by atoms with Gasteiger partial charge < -0.3 is 10.5 Å². The molecule has 0 aliphatic carbocycles. The summed E-state index contributed by atoms with van der Waals surface area (Å²) in [5, 5.41) is 9.88. The molecule has 2 rings (SSSR count). The molecule has 0 bridgehead atoms. The van der Waals surface area contributed by atoms with Crippen molar-refractivity contribution in [3.63, 3.8) is 0 Å². The van der Waals surface area contributed by atoms with Crippen LogP contribution in [0.5, 0.6) is 5.75 Å². The minimum absolute atomic E-state index is 0.196. The van der Waals surface area contributed by atoms with Gasteiger partial charge in [-0.3, -0.25) is 0 Å². The Bertz CT molecular complexity index is 712. The molecule has 6 heteroatoms. The summed E-state index contributed by atoms with van der Waals surface area (Å²) in [6.45, 7) is 4.30. The van der Waals surface area contributed by atoms with Gasteiger partial charge in [0.1, 0.15) is 35.5 Å². The third-order valence-corrected chi connectivity index (χ3v) is 4.22. The number of ether oxygens (including phenoxy) is 1. The molecule has 1 aromatic heterocycles. The average Bonchev–Trinajstić information content (AvgIpc) is 2.54. The maximum Gasteiger partial charge on any atom is 0.189 e. The molecule has 2 N–H and O–H groups in total. The molecule has 0 saturated heterocycles. The van der Waals surface area contributed by atoms with Crippen LogP contribution in [0.15, 0.2) is 29.4 Å². The summed E-state index contributed by atoms with van der Waals surface area (Å²) >= 11 is 1.55. The van der Waals surface area contributed by atoms with Crippen LogP contribution in [0.4, 0.5) is 5.82 Å². The fourth-order valence-electron chi connectivity index (χ4n) is 1.97. The van der Waals surface area contributed by atoms with E-state index in [-0.39, 0.29) is 12.4 Å². The lowest BCUT2D eigenvalue weighted by atomic mass is 10.2. The molecular weight excluding hydrogens is 308 g/mol. The summed E-state index contributed by atoms with van der Waals surface area (Å²) in [5.74, 6) is 1.92. The summed E-state index contributed by atoms with van der Waals surface area (Å²) < 4.78 is 5.79. The highest BCUT2D eigenvalue weighted by atomic mass is 32.2. The Balaban J connectivity index is 2.18. The summed E-state index contributed by atoms with van der Waals surface area (Å²) in [7, 11) is 0. The molecule has 5 nitrogen and oxygen atoms in total. The maximum absolute atomic E-state index is 9.28. The molecule has 0 unspecified atom stereocenters. The first kappa shape index (κ1) is 17.1. The Morgan fingerprint density at radius 3 is 2.78 bits per heavy atom. The second kappa shape index (κ2) is 8.39. The van der Waals surface area contributed by atoms with Crippen molar-refractivity contribution in [3.8, 4) is 11.8 Å². The van der Waals surface area contributed by atoms with E-state index in [4.69, 9.17) is 10.5 Å². The molecule has 0 radical (unpaired) electrons. The van der Waals surface area contributed by atoms with E-state index >= 15 is 0 Å². The largest absolute Gasteiger partial charge is 0.487 e. The van der Waals surface area contributed by atoms with Gasteiger partial charge in [0, 0.05) is 5.75 Å². The summed E-state index contributed by atoms with van der Waals surface area (Å²) in [5.41, 5.74) is 7.75. The van der Waals surface area contributed by atoms with Gasteiger partial charge in [-0.1, -0.05) is 43.3 Å². The number of nitrogens with zero attached hydrogens (tertiary/aromatic N) is 3. The number of hydrogen-bond donors (Lipinski definition) is 1. The number of anilines is 1.